The van der Waals surface area contributed by atoms with Gasteiger partial charge >= 0.3 is 6.03 Å². The second kappa shape index (κ2) is 15.5. The minimum atomic E-state index is -0.124. The standard InChI is InChI=1S/C20H35N3O2/c1-5-18(13-14-19(6-2)23(3)4)17-22-20(25)21-15-11-9-7-8-10-12-16-24/h6,13-14,16H,2,5,7-12,15,17H2,1,3-4H3,(H2,21,22,25)/b18-13+,19-14+. The van der Waals surface area contributed by atoms with Gasteiger partial charge in [-0.2, -0.15) is 0 Å². The first-order valence-electron chi connectivity index (χ1n) is 9.20. The molecule has 0 aliphatic rings. The lowest BCUT2D eigenvalue weighted by atomic mass is 10.1. The van der Waals surface area contributed by atoms with Gasteiger partial charge in [0.15, 0.2) is 0 Å². The molecule has 0 saturated carbocycles. The van der Waals surface area contributed by atoms with Crippen molar-refractivity contribution < 1.29 is 9.59 Å². The Balaban J connectivity index is 3.98. The van der Waals surface area contributed by atoms with Gasteiger partial charge in [0, 0.05) is 39.3 Å². The number of rotatable bonds is 14. The molecule has 0 rings (SSSR count). The molecular weight excluding hydrogens is 314 g/mol. The van der Waals surface area contributed by atoms with Gasteiger partial charge in [-0.1, -0.05) is 44.4 Å². The van der Waals surface area contributed by atoms with Crippen molar-refractivity contribution in [1.29, 1.82) is 0 Å². The molecule has 2 N–H and O–H groups in total. The van der Waals surface area contributed by atoms with Crippen LogP contribution < -0.4 is 10.6 Å². The SMILES string of the molecule is C=C/C(=C\C=C(/CC)CNC(=O)NCCCCCCCC=O)N(C)C. The molecule has 5 heteroatoms. The van der Waals surface area contributed by atoms with Crippen molar-refractivity contribution in [2.45, 2.75) is 51.9 Å². The number of hydrogen-bond acceptors (Lipinski definition) is 3. The average molecular weight is 350 g/mol. The zero-order valence-corrected chi connectivity index (χ0v) is 16.1. The van der Waals surface area contributed by atoms with Gasteiger partial charge in [0.25, 0.3) is 0 Å². The first-order valence-corrected chi connectivity index (χ1v) is 9.20. The molecule has 2 amide bonds. The molecule has 0 radical (unpaired) electrons. The van der Waals surface area contributed by atoms with Crippen molar-refractivity contribution in [3.8, 4) is 0 Å². The van der Waals surface area contributed by atoms with Crippen LogP contribution in [-0.4, -0.2) is 44.4 Å². The molecule has 5 nitrogen and oxygen atoms in total. The summed E-state index contributed by atoms with van der Waals surface area (Å²) < 4.78 is 0. The van der Waals surface area contributed by atoms with Crippen LogP contribution in [0.25, 0.3) is 0 Å². The van der Waals surface area contributed by atoms with Crippen LogP contribution in [0.4, 0.5) is 4.79 Å². The van der Waals surface area contributed by atoms with Gasteiger partial charge in [-0.3, -0.25) is 0 Å². The summed E-state index contributed by atoms with van der Waals surface area (Å²) in [7, 11) is 3.95. The lowest BCUT2D eigenvalue weighted by molar-refractivity contribution is -0.107. The van der Waals surface area contributed by atoms with E-state index in [9.17, 15) is 9.59 Å². The van der Waals surface area contributed by atoms with E-state index in [-0.39, 0.29) is 6.03 Å². The predicted octanol–water partition coefficient (Wildman–Crippen LogP) is 3.79. The summed E-state index contributed by atoms with van der Waals surface area (Å²) in [5.74, 6) is 0. The third kappa shape index (κ3) is 13.0. The third-order valence-electron chi connectivity index (χ3n) is 3.93. The Morgan fingerprint density at radius 3 is 2.32 bits per heavy atom. The molecule has 0 aromatic rings. The van der Waals surface area contributed by atoms with E-state index in [1.54, 1.807) is 0 Å². The van der Waals surface area contributed by atoms with E-state index in [1.807, 2.05) is 37.2 Å². The van der Waals surface area contributed by atoms with Crippen molar-refractivity contribution >= 4 is 12.3 Å². The summed E-state index contributed by atoms with van der Waals surface area (Å²) >= 11 is 0. The topological polar surface area (TPSA) is 61.4 Å². The fourth-order valence-corrected chi connectivity index (χ4v) is 2.25. The van der Waals surface area contributed by atoms with Crippen LogP contribution in [0, 0.1) is 0 Å². The zero-order valence-electron chi connectivity index (χ0n) is 16.1. The van der Waals surface area contributed by atoms with Gasteiger partial charge < -0.3 is 20.3 Å². The first kappa shape index (κ1) is 23.0. The molecule has 142 valence electrons. The molecule has 0 bridgehead atoms. The van der Waals surface area contributed by atoms with E-state index in [0.29, 0.717) is 19.5 Å². The van der Waals surface area contributed by atoms with Crippen LogP contribution in [0.2, 0.25) is 0 Å². The Kier molecular flexibility index (Phi) is 14.2. The van der Waals surface area contributed by atoms with Crippen LogP contribution in [0.5, 0.6) is 0 Å². The summed E-state index contributed by atoms with van der Waals surface area (Å²) in [5.41, 5.74) is 2.19. The number of nitrogens with one attached hydrogen (secondary N) is 2. The number of aldehydes is 1. The Labute approximate surface area is 153 Å². The highest BCUT2D eigenvalue weighted by molar-refractivity contribution is 5.74. The molecule has 0 saturated heterocycles. The number of unbranched alkanes of at least 4 members (excludes halogenated alkanes) is 5. The molecule has 0 fully saturated rings. The maximum Gasteiger partial charge on any atom is 0.315 e. The van der Waals surface area contributed by atoms with Crippen molar-refractivity contribution in [2.24, 2.45) is 0 Å². The molecule has 0 aromatic heterocycles. The number of likely N-dealkylation sites (N-methyl/N-ethyl adjacent to an activating group) is 1. The largest absolute Gasteiger partial charge is 0.378 e. The number of carbonyl (C=O) groups excluding carboxylic acids is 2. The van der Waals surface area contributed by atoms with E-state index in [2.05, 4.69) is 24.1 Å². The Bertz CT molecular complexity index is 454. The molecule has 0 aliphatic carbocycles. The van der Waals surface area contributed by atoms with Gasteiger partial charge in [0.05, 0.1) is 0 Å². The minimum absolute atomic E-state index is 0.124. The number of urea groups is 1. The van der Waals surface area contributed by atoms with Crippen LogP contribution >= 0.6 is 0 Å². The predicted molar refractivity (Wildman–Crippen MR) is 106 cm³/mol. The van der Waals surface area contributed by atoms with Crippen molar-refractivity contribution in [3.63, 3.8) is 0 Å². The quantitative estimate of drug-likeness (QED) is 0.285. The number of allylic oxidation sites excluding steroid dienone is 3. The smallest absolute Gasteiger partial charge is 0.315 e. The third-order valence-corrected chi connectivity index (χ3v) is 3.93. The molecule has 0 atom stereocenters. The van der Waals surface area contributed by atoms with Crippen molar-refractivity contribution in [1.82, 2.24) is 15.5 Å². The lowest BCUT2D eigenvalue weighted by Crippen LogP contribution is -2.37. The summed E-state index contributed by atoms with van der Waals surface area (Å²) in [6.45, 7) is 7.10. The van der Waals surface area contributed by atoms with Crippen LogP contribution in [0.1, 0.15) is 51.9 Å². The summed E-state index contributed by atoms with van der Waals surface area (Å²) in [4.78, 5) is 24.0. The van der Waals surface area contributed by atoms with Crippen molar-refractivity contribution in [3.05, 3.63) is 36.1 Å². The minimum Gasteiger partial charge on any atom is -0.378 e. The normalized spacial score (nSPS) is 11.8. The second-order valence-electron chi connectivity index (χ2n) is 6.20. The monoisotopic (exact) mass is 349 g/mol. The summed E-state index contributed by atoms with van der Waals surface area (Å²) in [5, 5.41) is 5.78. The molecule has 0 spiro atoms. The molecule has 0 heterocycles. The maximum absolute atomic E-state index is 11.8. The van der Waals surface area contributed by atoms with Crippen molar-refractivity contribution in [2.75, 3.05) is 27.2 Å². The van der Waals surface area contributed by atoms with E-state index < -0.39 is 0 Å². The van der Waals surface area contributed by atoms with E-state index >= 15 is 0 Å². The highest BCUT2D eigenvalue weighted by atomic mass is 16.2. The number of nitrogens with zero attached hydrogens (tertiary/aromatic N) is 1. The summed E-state index contributed by atoms with van der Waals surface area (Å²) in [6, 6.07) is -0.124. The van der Waals surface area contributed by atoms with E-state index in [4.69, 9.17) is 0 Å². The van der Waals surface area contributed by atoms with Gasteiger partial charge in [-0.15, -0.1) is 0 Å². The maximum atomic E-state index is 11.8. The Morgan fingerprint density at radius 1 is 1.04 bits per heavy atom. The van der Waals surface area contributed by atoms with Gasteiger partial charge in [-0.05, 0) is 31.4 Å². The molecule has 25 heavy (non-hydrogen) atoms. The highest BCUT2D eigenvalue weighted by Gasteiger charge is 2.01. The van der Waals surface area contributed by atoms with Crippen LogP contribution in [0.3, 0.4) is 0 Å². The van der Waals surface area contributed by atoms with Crippen LogP contribution in [0.15, 0.2) is 36.1 Å². The van der Waals surface area contributed by atoms with Gasteiger partial charge in [-0.25, -0.2) is 4.79 Å². The zero-order chi connectivity index (χ0) is 18.9. The fourth-order valence-electron chi connectivity index (χ4n) is 2.25. The fraction of sp³-hybridized carbons (Fsp3) is 0.600. The Hall–Kier alpha value is -2.04. The Morgan fingerprint density at radius 2 is 1.72 bits per heavy atom. The number of amides is 2. The molecular formula is C20H35N3O2. The van der Waals surface area contributed by atoms with E-state index in [0.717, 1.165) is 56.1 Å². The first-order chi connectivity index (χ1) is 12.0. The van der Waals surface area contributed by atoms with Gasteiger partial charge in [0.2, 0.25) is 0 Å². The number of carbonyl (C=O) groups is 2. The molecule has 0 aromatic carbocycles. The van der Waals surface area contributed by atoms with E-state index in [1.165, 1.54) is 0 Å². The van der Waals surface area contributed by atoms with Gasteiger partial charge in [0.1, 0.15) is 6.29 Å². The second-order valence-corrected chi connectivity index (χ2v) is 6.20. The highest BCUT2D eigenvalue weighted by Crippen LogP contribution is 2.05. The number of hydrogen-bond donors (Lipinski definition) is 2. The molecule has 0 unspecified atom stereocenters. The molecule has 0 aliphatic heterocycles. The lowest BCUT2D eigenvalue weighted by Gasteiger charge is -2.13. The summed E-state index contributed by atoms with van der Waals surface area (Å²) in [6.07, 6.45) is 13.6. The average Bonchev–Trinajstić information content (AvgIpc) is 2.60. The van der Waals surface area contributed by atoms with Crippen LogP contribution in [-0.2, 0) is 4.79 Å².